The first kappa shape index (κ1) is 19.4. The van der Waals surface area contributed by atoms with Gasteiger partial charge in [-0.15, -0.1) is 0 Å². The minimum atomic E-state index is -0.684. The van der Waals surface area contributed by atoms with E-state index in [4.69, 9.17) is 4.74 Å². The molecule has 0 radical (unpaired) electrons. The SMILES string of the molecule is Oc1[nH]c2cc(F)ccc2c1C=Nc1ccc(OCCCN2CCC(F)C2)cc1. The van der Waals surface area contributed by atoms with E-state index >= 15 is 0 Å². The summed E-state index contributed by atoms with van der Waals surface area (Å²) in [4.78, 5) is 9.25. The summed E-state index contributed by atoms with van der Waals surface area (Å²) in [6.45, 7) is 2.79. The molecule has 0 aliphatic carbocycles. The summed E-state index contributed by atoms with van der Waals surface area (Å²) < 4.78 is 32.2. The lowest BCUT2D eigenvalue weighted by molar-refractivity contribution is 0.248. The molecule has 2 aromatic carbocycles. The van der Waals surface area contributed by atoms with E-state index in [0.717, 1.165) is 25.3 Å². The van der Waals surface area contributed by atoms with Crippen LogP contribution in [0.3, 0.4) is 0 Å². The van der Waals surface area contributed by atoms with Crippen LogP contribution in [0.15, 0.2) is 47.5 Å². The number of H-pyrrole nitrogens is 1. The van der Waals surface area contributed by atoms with Crippen molar-refractivity contribution in [3.05, 3.63) is 53.8 Å². The Balaban J connectivity index is 1.32. The largest absolute Gasteiger partial charge is 0.494 e. The second kappa shape index (κ2) is 8.61. The molecular weight excluding hydrogens is 376 g/mol. The summed E-state index contributed by atoms with van der Waals surface area (Å²) in [5.41, 5.74) is 1.74. The van der Waals surface area contributed by atoms with Gasteiger partial charge < -0.3 is 19.7 Å². The molecule has 29 heavy (non-hydrogen) atoms. The molecule has 2 N–H and O–H groups in total. The van der Waals surface area contributed by atoms with Crippen molar-refractivity contribution < 1.29 is 18.6 Å². The third-order valence-corrected chi connectivity index (χ3v) is 5.06. The number of fused-ring (bicyclic) bond motifs is 1. The molecular formula is C22H23F2N3O2. The molecule has 1 aliphatic heterocycles. The Kier molecular flexibility index (Phi) is 5.76. The Morgan fingerprint density at radius 3 is 2.83 bits per heavy atom. The molecule has 0 bridgehead atoms. The highest BCUT2D eigenvalue weighted by atomic mass is 19.1. The first-order valence-electron chi connectivity index (χ1n) is 9.72. The van der Waals surface area contributed by atoms with Gasteiger partial charge in [0, 0.05) is 31.2 Å². The number of benzene rings is 2. The van der Waals surface area contributed by atoms with E-state index in [1.54, 1.807) is 12.3 Å². The van der Waals surface area contributed by atoms with Gasteiger partial charge in [0.25, 0.3) is 0 Å². The van der Waals surface area contributed by atoms with Crippen LogP contribution in [0.4, 0.5) is 14.5 Å². The minimum absolute atomic E-state index is 0.0496. The fourth-order valence-corrected chi connectivity index (χ4v) is 3.54. The van der Waals surface area contributed by atoms with Crippen LogP contribution in [0.5, 0.6) is 11.6 Å². The van der Waals surface area contributed by atoms with Crippen molar-refractivity contribution in [2.24, 2.45) is 4.99 Å². The molecule has 1 aliphatic rings. The van der Waals surface area contributed by atoms with Gasteiger partial charge in [0.15, 0.2) is 5.88 Å². The Morgan fingerprint density at radius 2 is 2.07 bits per heavy atom. The second-order valence-electron chi connectivity index (χ2n) is 7.22. The smallest absolute Gasteiger partial charge is 0.198 e. The van der Waals surface area contributed by atoms with Gasteiger partial charge in [0.05, 0.1) is 23.4 Å². The van der Waals surface area contributed by atoms with E-state index in [9.17, 15) is 13.9 Å². The average molecular weight is 399 g/mol. The van der Waals surface area contributed by atoms with E-state index in [2.05, 4.69) is 14.9 Å². The Hall–Kier alpha value is -2.93. The maximum atomic E-state index is 13.3. The maximum absolute atomic E-state index is 13.3. The Bertz CT molecular complexity index is 1000. The van der Waals surface area contributed by atoms with Crippen LogP contribution in [0.2, 0.25) is 0 Å². The van der Waals surface area contributed by atoms with Crippen LogP contribution in [-0.2, 0) is 0 Å². The van der Waals surface area contributed by atoms with Crippen molar-refractivity contribution in [2.75, 3.05) is 26.2 Å². The number of halogens is 2. The third kappa shape index (κ3) is 4.74. The fraction of sp³-hybridized carbons (Fsp3) is 0.318. The monoisotopic (exact) mass is 399 g/mol. The minimum Gasteiger partial charge on any atom is -0.494 e. The van der Waals surface area contributed by atoms with E-state index in [1.165, 1.54) is 12.1 Å². The highest BCUT2D eigenvalue weighted by molar-refractivity contribution is 6.02. The van der Waals surface area contributed by atoms with E-state index in [-0.39, 0.29) is 11.7 Å². The summed E-state index contributed by atoms with van der Waals surface area (Å²) in [5, 5.41) is 10.7. The van der Waals surface area contributed by atoms with Crippen molar-refractivity contribution in [3.63, 3.8) is 0 Å². The zero-order valence-electron chi connectivity index (χ0n) is 15.9. The van der Waals surface area contributed by atoms with E-state index in [1.807, 2.05) is 24.3 Å². The summed E-state index contributed by atoms with van der Waals surface area (Å²) >= 11 is 0. The molecule has 1 aromatic heterocycles. The van der Waals surface area contributed by atoms with Gasteiger partial charge in [0.2, 0.25) is 0 Å². The summed E-state index contributed by atoms with van der Waals surface area (Å²) in [6.07, 6.45) is 2.36. The summed E-state index contributed by atoms with van der Waals surface area (Å²) in [6, 6.07) is 11.6. The molecule has 5 nitrogen and oxygen atoms in total. The Labute approximate surface area is 167 Å². The zero-order chi connectivity index (χ0) is 20.2. The Morgan fingerprint density at radius 1 is 1.24 bits per heavy atom. The highest BCUT2D eigenvalue weighted by Crippen LogP contribution is 2.27. The molecule has 7 heteroatoms. The quantitative estimate of drug-likeness (QED) is 0.452. The number of nitrogens with zero attached hydrogens (tertiary/aromatic N) is 2. The van der Waals surface area contributed by atoms with Crippen LogP contribution in [0.1, 0.15) is 18.4 Å². The third-order valence-electron chi connectivity index (χ3n) is 5.06. The number of likely N-dealkylation sites (tertiary alicyclic amines) is 1. The molecule has 1 atom stereocenters. The van der Waals surface area contributed by atoms with Crippen LogP contribution < -0.4 is 4.74 Å². The number of aromatic amines is 1. The summed E-state index contributed by atoms with van der Waals surface area (Å²) in [7, 11) is 0. The van der Waals surface area contributed by atoms with Gasteiger partial charge in [-0.2, -0.15) is 0 Å². The summed E-state index contributed by atoms with van der Waals surface area (Å²) in [5.74, 6) is 0.329. The molecule has 0 spiro atoms. The van der Waals surface area contributed by atoms with Crippen molar-refractivity contribution in [1.82, 2.24) is 9.88 Å². The number of hydrogen-bond acceptors (Lipinski definition) is 4. The van der Waals surface area contributed by atoms with Gasteiger partial charge in [-0.05, 0) is 55.3 Å². The standard InChI is InChI=1S/C22H23F2N3O2/c23-15-2-7-19-20(22(28)26-21(19)12-15)13-25-17-3-5-18(6-4-17)29-11-1-9-27-10-8-16(24)14-27/h2-7,12-13,16,26,28H,1,8-11,14H2. The van der Waals surface area contributed by atoms with Crippen LogP contribution in [0, 0.1) is 5.82 Å². The highest BCUT2D eigenvalue weighted by Gasteiger charge is 2.20. The van der Waals surface area contributed by atoms with E-state index < -0.39 is 6.17 Å². The molecule has 0 saturated carbocycles. The molecule has 0 amide bonds. The predicted octanol–water partition coefficient (Wildman–Crippen LogP) is 4.58. The maximum Gasteiger partial charge on any atom is 0.198 e. The molecule has 2 heterocycles. The molecule has 1 unspecified atom stereocenters. The number of rotatable bonds is 7. The predicted molar refractivity (Wildman–Crippen MR) is 110 cm³/mol. The van der Waals surface area contributed by atoms with Crippen LogP contribution in [0.25, 0.3) is 10.9 Å². The lowest BCUT2D eigenvalue weighted by atomic mass is 10.2. The van der Waals surface area contributed by atoms with Crippen molar-refractivity contribution in [3.8, 4) is 11.6 Å². The number of aliphatic imine (C=N–C) groups is 1. The first-order valence-corrected chi connectivity index (χ1v) is 9.72. The topological polar surface area (TPSA) is 60.9 Å². The average Bonchev–Trinajstić information content (AvgIpc) is 3.26. The number of aromatic nitrogens is 1. The fourth-order valence-electron chi connectivity index (χ4n) is 3.54. The number of nitrogens with one attached hydrogen (secondary N) is 1. The molecule has 152 valence electrons. The lowest BCUT2D eigenvalue weighted by Gasteiger charge is -2.14. The first-order chi connectivity index (χ1) is 14.1. The molecule has 4 rings (SSSR count). The molecule has 3 aromatic rings. The number of ether oxygens (including phenoxy) is 1. The van der Waals surface area contributed by atoms with Crippen molar-refractivity contribution in [1.29, 1.82) is 0 Å². The van der Waals surface area contributed by atoms with Crippen molar-refractivity contribution in [2.45, 2.75) is 19.0 Å². The number of aromatic hydroxyl groups is 1. The zero-order valence-corrected chi connectivity index (χ0v) is 15.9. The second-order valence-corrected chi connectivity index (χ2v) is 7.22. The van der Waals surface area contributed by atoms with E-state index in [0.29, 0.717) is 41.7 Å². The van der Waals surface area contributed by atoms with Gasteiger partial charge >= 0.3 is 0 Å². The number of hydrogen-bond donors (Lipinski definition) is 2. The van der Waals surface area contributed by atoms with Gasteiger partial charge in [-0.3, -0.25) is 4.99 Å². The normalized spacial score (nSPS) is 17.5. The van der Waals surface area contributed by atoms with Crippen molar-refractivity contribution >= 4 is 22.8 Å². The van der Waals surface area contributed by atoms with Gasteiger partial charge in [0.1, 0.15) is 17.7 Å². The van der Waals surface area contributed by atoms with Gasteiger partial charge in [-0.25, -0.2) is 8.78 Å². The number of alkyl halides is 1. The van der Waals surface area contributed by atoms with Crippen LogP contribution >= 0.6 is 0 Å². The van der Waals surface area contributed by atoms with Crippen LogP contribution in [-0.4, -0.2) is 53.6 Å². The van der Waals surface area contributed by atoms with Gasteiger partial charge in [-0.1, -0.05) is 0 Å². The molecule has 1 saturated heterocycles. The molecule has 1 fully saturated rings. The lowest BCUT2D eigenvalue weighted by Crippen LogP contribution is -2.23.